The van der Waals surface area contributed by atoms with E-state index in [9.17, 15) is 14.4 Å². The molecule has 0 spiro atoms. The van der Waals surface area contributed by atoms with E-state index in [4.69, 9.17) is 9.47 Å². The molecule has 160 valence electrons. The van der Waals surface area contributed by atoms with Gasteiger partial charge in [-0.05, 0) is 36.2 Å². The van der Waals surface area contributed by atoms with Crippen LogP contribution in [0.3, 0.4) is 0 Å². The number of nitrogens with one attached hydrogen (secondary N) is 2. The van der Waals surface area contributed by atoms with Gasteiger partial charge in [0.2, 0.25) is 0 Å². The summed E-state index contributed by atoms with van der Waals surface area (Å²) in [6.07, 6.45) is 0.503. The first-order valence-electron chi connectivity index (χ1n) is 9.00. The summed E-state index contributed by atoms with van der Waals surface area (Å²) in [7, 11) is 5.55. The largest absolute Gasteiger partial charge is 0.493 e. The van der Waals surface area contributed by atoms with Crippen LogP contribution in [-0.4, -0.2) is 53.0 Å². The molecule has 0 aliphatic carbocycles. The number of esters is 2. The number of urea groups is 1. The minimum atomic E-state index is -0.644. The maximum absolute atomic E-state index is 12.3. The Balaban J connectivity index is 2.06. The molecule has 2 amide bonds. The number of anilines is 1. The first-order chi connectivity index (χ1) is 14.4. The van der Waals surface area contributed by atoms with E-state index in [1.54, 1.807) is 20.3 Å². The van der Waals surface area contributed by atoms with Crippen molar-refractivity contribution < 1.29 is 33.3 Å². The summed E-state index contributed by atoms with van der Waals surface area (Å²) in [5, 5.41) is 5.31. The number of hydrogen-bond donors (Lipinski definition) is 2. The summed E-state index contributed by atoms with van der Waals surface area (Å²) < 4.78 is 20.0. The molecule has 0 unspecified atom stereocenters. The van der Waals surface area contributed by atoms with Gasteiger partial charge in [-0.25, -0.2) is 14.4 Å². The summed E-state index contributed by atoms with van der Waals surface area (Å²) in [6, 6.07) is 9.14. The molecule has 2 aromatic rings. The summed E-state index contributed by atoms with van der Waals surface area (Å²) in [4.78, 5) is 35.9. The SMILES string of the molecule is COC(=O)c1cc(NC(=O)NCCc2cccc(OC)c2OC)cc(C(=O)OC)c1. The number of para-hydroxylation sites is 1. The van der Waals surface area contributed by atoms with E-state index in [2.05, 4.69) is 20.1 Å². The molecule has 0 fully saturated rings. The Morgan fingerprint density at radius 2 is 1.50 bits per heavy atom. The first kappa shape index (κ1) is 22.5. The van der Waals surface area contributed by atoms with Crippen LogP contribution in [0.1, 0.15) is 26.3 Å². The fourth-order valence-electron chi connectivity index (χ4n) is 2.81. The molecule has 0 heterocycles. The Morgan fingerprint density at radius 3 is 2.03 bits per heavy atom. The van der Waals surface area contributed by atoms with Crippen LogP contribution in [0, 0.1) is 0 Å². The van der Waals surface area contributed by atoms with Gasteiger partial charge in [0.25, 0.3) is 0 Å². The first-order valence-corrected chi connectivity index (χ1v) is 9.00. The van der Waals surface area contributed by atoms with Crippen LogP contribution in [0.5, 0.6) is 11.5 Å². The Morgan fingerprint density at radius 1 is 0.867 bits per heavy atom. The number of carbonyl (C=O) groups excluding carboxylic acids is 3. The molecular weight excluding hydrogens is 392 g/mol. The van der Waals surface area contributed by atoms with Crippen molar-refractivity contribution in [1.29, 1.82) is 0 Å². The number of methoxy groups -OCH3 is 4. The predicted octanol–water partition coefficient (Wildman–Crippen LogP) is 2.64. The van der Waals surface area contributed by atoms with Gasteiger partial charge in [0.05, 0.1) is 39.6 Å². The van der Waals surface area contributed by atoms with E-state index < -0.39 is 18.0 Å². The molecule has 30 heavy (non-hydrogen) atoms. The highest BCUT2D eigenvalue weighted by Crippen LogP contribution is 2.30. The zero-order valence-corrected chi connectivity index (χ0v) is 17.2. The van der Waals surface area contributed by atoms with Crippen LogP contribution >= 0.6 is 0 Å². The maximum Gasteiger partial charge on any atom is 0.337 e. The highest BCUT2D eigenvalue weighted by atomic mass is 16.5. The van der Waals surface area contributed by atoms with Crippen molar-refractivity contribution >= 4 is 23.7 Å². The van der Waals surface area contributed by atoms with Gasteiger partial charge in [0.1, 0.15) is 0 Å². The van der Waals surface area contributed by atoms with Gasteiger partial charge in [0, 0.05) is 12.2 Å². The van der Waals surface area contributed by atoms with Gasteiger partial charge in [-0.1, -0.05) is 12.1 Å². The summed E-state index contributed by atoms with van der Waals surface area (Å²) in [5.74, 6) is -0.0752. The Hall–Kier alpha value is -3.75. The van der Waals surface area contributed by atoms with Crippen LogP contribution < -0.4 is 20.1 Å². The number of hydrogen-bond acceptors (Lipinski definition) is 7. The minimum Gasteiger partial charge on any atom is -0.493 e. The Labute approximate surface area is 174 Å². The molecule has 0 aromatic heterocycles. The average molecular weight is 416 g/mol. The fraction of sp³-hybridized carbons (Fsp3) is 0.286. The molecule has 2 aromatic carbocycles. The molecule has 0 aliphatic rings. The molecule has 0 saturated heterocycles. The fourth-order valence-corrected chi connectivity index (χ4v) is 2.81. The van der Waals surface area contributed by atoms with Crippen molar-refractivity contribution in [3.05, 3.63) is 53.1 Å². The van der Waals surface area contributed by atoms with Crippen molar-refractivity contribution in [2.45, 2.75) is 6.42 Å². The number of benzene rings is 2. The van der Waals surface area contributed by atoms with Crippen LogP contribution in [-0.2, 0) is 15.9 Å². The molecule has 2 rings (SSSR count). The Kier molecular flexibility index (Phi) is 8.04. The summed E-state index contributed by atoms with van der Waals surface area (Å²) >= 11 is 0. The van der Waals surface area contributed by atoms with Crippen molar-refractivity contribution in [3.8, 4) is 11.5 Å². The van der Waals surface area contributed by atoms with Crippen molar-refractivity contribution in [2.75, 3.05) is 40.3 Å². The minimum absolute atomic E-state index is 0.108. The van der Waals surface area contributed by atoms with E-state index in [0.717, 1.165) is 5.56 Å². The summed E-state index contributed by atoms with van der Waals surface area (Å²) in [5.41, 5.74) is 1.33. The highest BCUT2D eigenvalue weighted by molar-refractivity contribution is 5.99. The second-order valence-corrected chi connectivity index (χ2v) is 6.07. The van der Waals surface area contributed by atoms with E-state index in [0.29, 0.717) is 24.5 Å². The second kappa shape index (κ2) is 10.7. The van der Waals surface area contributed by atoms with Gasteiger partial charge >= 0.3 is 18.0 Å². The molecule has 0 saturated carbocycles. The quantitative estimate of drug-likeness (QED) is 0.636. The predicted molar refractivity (Wildman–Crippen MR) is 109 cm³/mol. The maximum atomic E-state index is 12.3. The monoisotopic (exact) mass is 416 g/mol. The zero-order valence-electron chi connectivity index (χ0n) is 17.2. The van der Waals surface area contributed by atoms with Crippen molar-refractivity contribution in [1.82, 2.24) is 5.32 Å². The molecule has 2 N–H and O–H groups in total. The van der Waals surface area contributed by atoms with E-state index in [1.165, 1.54) is 32.4 Å². The van der Waals surface area contributed by atoms with Gasteiger partial charge in [0.15, 0.2) is 11.5 Å². The number of carbonyl (C=O) groups is 3. The number of rotatable bonds is 8. The lowest BCUT2D eigenvalue weighted by molar-refractivity contribution is 0.0599. The smallest absolute Gasteiger partial charge is 0.337 e. The lowest BCUT2D eigenvalue weighted by Gasteiger charge is -2.13. The van der Waals surface area contributed by atoms with Gasteiger partial charge < -0.3 is 29.6 Å². The zero-order chi connectivity index (χ0) is 22.1. The number of amides is 2. The third-order valence-corrected chi connectivity index (χ3v) is 4.20. The second-order valence-electron chi connectivity index (χ2n) is 6.07. The van der Waals surface area contributed by atoms with Crippen LogP contribution in [0.2, 0.25) is 0 Å². The average Bonchev–Trinajstić information content (AvgIpc) is 2.77. The lowest BCUT2D eigenvalue weighted by atomic mass is 10.1. The van der Waals surface area contributed by atoms with Crippen LogP contribution in [0.4, 0.5) is 10.5 Å². The molecule has 0 radical (unpaired) electrons. The van der Waals surface area contributed by atoms with Crippen LogP contribution in [0.15, 0.2) is 36.4 Å². The number of ether oxygens (including phenoxy) is 4. The van der Waals surface area contributed by atoms with Crippen molar-refractivity contribution in [2.24, 2.45) is 0 Å². The van der Waals surface area contributed by atoms with E-state index in [1.807, 2.05) is 12.1 Å². The van der Waals surface area contributed by atoms with E-state index >= 15 is 0 Å². The third-order valence-electron chi connectivity index (χ3n) is 4.20. The van der Waals surface area contributed by atoms with Gasteiger partial charge in [-0.2, -0.15) is 0 Å². The normalized spacial score (nSPS) is 10.0. The topological polar surface area (TPSA) is 112 Å². The summed E-state index contributed by atoms with van der Waals surface area (Å²) in [6.45, 7) is 0.315. The molecule has 0 atom stereocenters. The van der Waals surface area contributed by atoms with Crippen LogP contribution in [0.25, 0.3) is 0 Å². The molecule has 0 bridgehead atoms. The molecule has 9 heteroatoms. The lowest BCUT2D eigenvalue weighted by Crippen LogP contribution is -2.30. The van der Waals surface area contributed by atoms with Gasteiger partial charge in [-0.15, -0.1) is 0 Å². The van der Waals surface area contributed by atoms with Crippen molar-refractivity contribution in [3.63, 3.8) is 0 Å². The molecule has 0 aliphatic heterocycles. The molecular formula is C21H24N2O7. The third kappa shape index (κ3) is 5.63. The highest BCUT2D eigenvalue weighted by Gasteiger charge is 2.15. The standard InChI is InChI=1S/C21H24N2O7/c1-27-17-7-5-6-13(18(17)28-2)8-9-22-21(26)23-16-11-14(19(24)29-3)10-15(12-16)20(25)30-4/h5-7,10-12H,8-9H2,1-4H3,(H2,22,23,26). The molecule has 9 nitrogen and oxygen atoms in total. The van der Waals surface area contributed by atoms with Gasteiger partial charge in [-0.3, -0.25) is 0 Å². The Bertz CT molecular complexity index is 893. The van der Waals surface area contributed by atoms with E-state index in [-0.39, 0.29) is 16.8 Å².